The lowest BCUT2D eigenvalue weighted by Crippen LogP contribution is -2.41. The molecule has 2 aromatic rings. The molecule has 0 radical (unpaired) electrons. The highest BCUT2D eigenvalue weighted by atomic mass is 15.1. The molecule has 3 rings (SSSR count). The quantitative estimate of drug-likeness (QED) is 0.875. The number of aromatic amines is 1. The minimum Gasteiger partial charge on any atom is -0.361 e. The summed E-state index contributed by atoms with van der Waals surface area (Å²) >= 11 is 0. The van der Waals surface area contributed by atoms with Crippen molar-refractivity contribution >= 4 is 10.9 Å². The second-order valence-corrected chi connectivity index (χ2v) is 6.00. The van der Waals surface area contributed by atoms with Crippen molar-refractivity contribution in [3.63, 3.8) is 0 Å². The maximum Gasteiger partial charge on any atom is 0.0457 e. The van der Waals surface area contributed by atoms with Gasteiger partial charge in [0.1, 0.15) is 0 Å². The van der Waals surface area contributed by atoms with Crippen molar-refractivity contribution in [1.82, 2.24) is 15.2 Å². The minimum atomic E-state index is 0.544. The van der Waals surface area contributed by atoms with Crippen LogP contribution >= 0.6 is 0 Å². The van der Waals surface area contributed by atoms with E-state index in [2.05, 4.69) is 46.4 Å². The Morgan fingerprint density at radius 2 is 2.05 bits per heavy atom. The number of likely N-dealkylation sites (tertiary alicyclic amines) is 1. The second kappa shape index (κ2) is 6.42. The highest BCUT2D eigenvalue weighted by Crippen LogP contribution is 2.17. The molecule has 0 spiro atoms. The van der Waals surface area contributed by atoms with Crippen LogP contribution in [0.2, 0.25) is 0 Å². The van der Waals surface area contributed by atoms with Gasteiger partial charge in [-0.15, -0.1) is 0 Å². The first-order valence-corrected chi connectivity index (χ1v) is 7.83. The predicted molar refractivity (Wildman–Crippen MR) is 84.9 cm³/mol. The first kappa shape index (κ1) is 13.7. The normalized spacial score (nSPS) is 18.4. The van der Waals surface area contributed by atoms with Gasteiger partial charge in [-0.1, -0.05) is 18.6 Å². The monoisotopic (exact) mass is 271 g/mol. The summed E-state index contributed by atoms with van der Waals surface area (Å²) < 4.78 is 0. The molecule has 0 amide bonds. The van der Waals surface area contributed by atoms with E-state index < -0.39 is 0 Å². The maximum absolute atomic E-state index is 3.67. The summed E-state index contributed by atoms with van der Waals surface area (Å²) in [6.45, 7) is 6.97. The van der Waals surface area contributed by atoms with Crippen LogP contribution in [0.1, 0.15) is 31.7 Å². The molecule has 0 aliphatic carbocycles. The lowest BCUT2D eigenvalue weighted by Gasteiger charge is -2.29. The number of H-pyrrole nitrogens is 1. The molecule has 1 aliphatic heterocycles. The van der Waals surface area contributed by atoms with Gasteiger partial charge in [0.25, 0.3) is 0 Å². The summed E-state index contributed by atoms with van der Waals surface area (Å²) in [6, 6.07) is 9.20. The molecule has 1 unspecified atom stereocenters. The van der Waals surface area contributed by atoms with E-state index >= 15 is 0 Å². The van der Waals surface area contributed by atoms with E-state index in [1.54, 1.807) is 0 Å². The Labute approximate surface area is 121 Å². The van der Waals surface area contributed by atoms with Crippen molar-refractivity contribution in [2.45, 2.75) is 38.8 Å². The predicted octanol–water partition coefficient (Wildman–Crippen LogP) is 3.13. The van der Waals surface area contributed by atoms with Gasteiger partial charge in [0.05, 0.1) is 0 Å². The average Bonchev–Trinajstić information content (AvgIpc) is 2.95. The summed E-state index contributed by atoms with van der Waals surface area (Å²) in [6.07, 6.45) is 6.17. The van der Waals surface area contributed by atoms with Gasteiger partial charge in [-0.05, 0) is 50.6 Å². The van der Waals surface area contributed by atoms with Crippen molar-refractivity contribution < 1.29 is 0 Å². The molecule has 1 fully saturated rings. The fourth-order valence-corrected chi connectivity index (χ4v) is 3.18. The summed E-state index contributed by atoms with van der Waals surface area (Å²) in [7, 11) is 0. The number of hydrogen-bond donors (Lipinski definition) is 2. The van der Waals surface area contributed by atoms with Gasteiger partial charge in [-0.3, -0.25) is 0 Å². The molecule has 3 nitrogen and oxygen atoms in total. The van der Waals surface area contributed by atoms with Gasteiger partial charge in [-0.2, -0.15) is 0 Å². The third kappa shape index (κ3) is 3.22. The maximum atomic E-state index is 3.67. The zero-order chi connectivity index (χ0) is 13.8. The Morgan fingerprint density at radius 1 is 1.20 bits per heavy atom. The SMILES string of the molecule is CC(CN1CCCCC1)NCc1cccc2[nH]ccc12. The van der Waals surface area contributed by atoms with Crippen molar-refractivity contribution in [3.8, 4) is 0 Å². The smallest absolute Gasteiger partial charge is 0.0457 e. The van der Waals surface area contributed by atoms with E-state index in [1.165, 1.54) is 55.4 Å². The van der Waals surface area contributed by atoms with Gasteiger partial charge >= 0.3 is 0 Å². The van der Waals surface area contributed by atoms with E-state index in [4.69, 9.17) is 0 Å². The molecule has 0 bridgehead atoms. The van der Waals surface area contributed by atoms with E-state index in [0.29, 0.717) is 6.04 Å². The zero-order valence-corrected chi connectivity index (χ0v) is 12.4. The standard InChI is InChI=1S/C17H25N3/c1-14(13-20-10-3-2-4-11-20)19-12-15-6-5-7-17-16(15)8-9-18-17/h5-9,14,18-19H,2-4,10-13H2,1H3. The number of hydrogen-bond acceptors (Lipinski definition) is 2. The third-order valence-electron chi connectivity index (χ3n) is 4.31. The molecule has 1 atom stereocenters. The molecule has 1 aromatic heterocycles. The second-order valence-electron chi connectivity index (χ2n) is 6.00. The molecule has 1 aliphatic rings. The Balaban J connectivity index is 1.54. The van der Waals surface area contributed by atoms with Gasteiger partial charge in [0.15, 0.2) is 0 Å². The lowest BCUT2D eigenvalue weighted by atomic mass is 10.1. The van der Waals surface area contributed by atoms with Gasteiger partial charge in [0.2, 0.25) is 0 Å². The molecule has 3 heteroatoms. The topological polar surface area (TPSA) is 31.1 Å². The average molecular weight is 271 g/mol. The Bertz CT molecular complexity index is 540. The minimum absolute atomic E-state index is 0.544. The highest BCUT2D eigenvalue weighted by molar-refractivity contribution is 5.82. The number of nitrogens with one attached hydrogen (secondary N) is 2. The number of nitrogens with zero attached hydrogens (tertiary/aromatic N) is 1. The summed E-state index contributed by atoms with van der Waals surface area (Å²) in [5, 5.41) is 5.01. The Kier molecular flexibility index (Phi) is 4.38. The van der Waals surface area contributed by atoms with Crippen LogP contribution in [-0.2, 0) is 6.54 Å². The summed E-state index contributed by atoms with van der Waals surface area (Å²) in [5.41, 5.74) is 2.61. The lowest BCUT2D eigenvalue weighted by molar-refractivity contribution is 0.209. The first-order valence-electron chi connectivity index (χ1n) is 7.83. The van der Waals surface area contributed by atoms with E-state index in [1.807, 2.05) is 6.20 Å². The summed E-state index contributed by atoms with van der Waals surface area (Å²) in [5.74, 6) is 0. The summed E-state index contributed by atoms with van der Waals surface area (Å²) in [4.78, 5) is 5.87. The van der Waals surface area contributed by atoms with Crippen molar-refractivity contribution in [2.24, 2.45) is 0 Å². The molecular weight excluding hydrogens is 246 g/mol. The van der Waals surface area contributed by atoms with Crippen LogP contribution < -0.4 is 5.32 Å². The Morgan fingerprint density at radius 3 is 2.90 bits per heavy atom. The number of aromatic nitrogens is 1. The van der Waals surface area contributed by atoms with Crippen LogP contribution in [0.5, 0.6) is 0 Å². The number of benzene rings is 1. The molecule has 108 valence electrons. The van der Waals surface area contributed by atoms with Crippen molar-refractivity contribution in [1.29, 1.82) is 0 Å². The van der Waals surface area contributed by atoms with Gasteiger partial charge < -0.3 is 15.2 Å². The largest absolute Gasteiger partial charge is 0.361 e. The molecular formula is C17H25N3. The van der Waals surface area contributed by atoms with E-state index in [9.17, 15) is 0 Å². The van der Waals surface area contributed by atoms with Crippen LogP contribution in [0.4, 0.5) is 0 Å². The molecule has 0 saturated carbocycles. The fraction of sp³-hybridized carbons (Fsp3) is 0.529. The fourth-order valence-electron chi connectivity index (χ4n) is 3.18. The molecule has 2 heterocycles. The molecule has 20 heavy (non-hydrogen) atoms. The molecule has 2 N–H and O–H groups in total. The van der Waals surface area contributed by atoms with Gasteiger partial charge in [-0.25, -0.2) is 0 Å². The van der Waals surface area contributed by atoms with E-state index in [0.717, 1.165) is 6.54 Å². The van der Waals surface area contributed by atoms with E-state index in [-0.39, 0.29) is 0 Å². The third-order valence-corrected chi connectivity index (χ3v) is 4.31. The number of piperidine rings is 1. The number of fused-ring (bicyclic) bond motifs is 1. The molecule has 1 saturated heterocycles. The molecule has 1 aromatic carbocycles. The van der Waals surface area contributed by atoms with Crippen molar-refractivity contribution in [2.75, 3.05) is 19.6 Å². The van der Waals surface area contributed by atoms with Gasteiger partial charge in [0, 0.05) is 36.2 Å². The van der Waals surface area contributed by atoms with Crippen LogP contribution in [0.25, 0.3) is 10.9 Å². The zero-order valence-electron chi connectivity index (χ0n) is 12.4. The van der Waals surface area contributed by atoms with Crippen LogP contribution in [0.15, 0.2) is 30.5 Å². The van der Waals surface area contributed by atoms with Crippen LogP contribution in [0.3, 0.4) is 0 Å². The number of rotatable bonds is 5. The Hall–Kier alpha value is -1.32. The van der Waals surface area contributed by atoms with Crippen molar-refractivity contribution in [3.05, 3.63) is 36.0 Å². The highest BCUT2D eigenvalue weighted by Gasteiger charge is 2.13. The van der Waals surface area contributed by atoms with Crippen LogP contribution in [0, 0.1) is 0 Å². The first-order chi connectivity index (χ1) is 9.83. The van der Waals surface area contributed by atoms with Crippen LogP contribution in [-0.4, -0.2) is 35.6 Å².